The van der Waals surface area contributed by atoms with E-state index in [2.05, 4.69) is 31.3 Å². The maximum Gasteiger partial charge on any atom is 0.106 e. The van der Waals surface area contributed by atoms with Crippen LogP contribution in [0.15, 0.2) is 65.5 Å². The molecule has 1 N–H and O–H groups in total. The molecule has 20 heavy (non-hydrogen) atoms. The Morgan fingerprint density at radius 3 is 2.60 bits per heavy atom. The third-order valence-electron chi connectivity index (χ3n) is 2.88. The molecular weight excluding hydrogens is 316 g/mol. The summed E-state index contributed by atoms with van der Waals surface area (Å²) in [7, 11) is 0. The van der Waals surface area contributed by atoms with Crippen molar-refractivity contribution in [2.45, 2.75) is 6.54 Å². The molecule has 4 nitrogen and oxygen atoms in total. The van der Waals surface area contributed by atoms with Gasteiger partial charge in [-0.25, -0.2) is 9.67 Å². The Morgan fingerprint density at radius 1 is 1.05 bits per heavy atom. The van der Waals surface area contributed by atoms with E-state index in [4.69, 9.17) is 0 Å². The number of rotatable bonds is 4. The van der Waals surface area contributed by atoms with E-state index in [9.17, 15) is 0 Å². The number of nitrogens with zero attached hydrogens (tertiary/aromatic N) is 3. The van der Waals surface area contributed by atoms with Crippen molar-refractivity contribution in [3.63, 3.8) is 0 Å². The normalized spacial score (nSPS) is 10.4. The summed E-state index contributed by atoms with van der Waals surface area (Å²) in [6.45, 7) is 0.695. The Morgan fingerprint density at radius 2 is 1.90 bits per heavy atom. The topological polar surface area (TPSA) is 42.7 Å². The minimum atomic E-state index is 0.695. The van der Waals surface area contributed by atoms with Gasteiger partial charge in [0.2, 0.25) is 0 Å². The summed E-state index contributed by atoms with van der Waals surface area (Å²) < 4.78 is 2.69. The molecule has 100 valence electrons. The van der Waals surface area contributed by atoms with Crippen LogP contribution in [-0.2, 0) is 6.54 Å². The van der Waals surface area contributed by atoms with Crippen molar-refractivity contribution in [3.05, 3.63) is 71.2 Å². The first-order valence-electron chi connectivity index (χ1n) is 6.27. The molecule has 0 bridgehead atoms. The number of aromatic nitrogens is 3. The fraction of sp³-hybridized carbons (Fsp3) is 0.0667. The molecule has 0 aliphatic carbocycles. The molecule has 2 heterocycles. The van der Waals surface area contributed by atoms with Crippen LogP contribution in [-0.4, -0.2) is 14.8 Å². The van der Waals surface area contributed by atoms with Crippen LogP contribution >= 0.6 is 15.9 Å². The summed E-state index contributed by atoms with van der Waals surface area (Å²) >= 11 is 3.37. The summed E-state index contributed by atoms with van der Waals surface area (Å²) in [6, 6.07) is 15.9. The van der Waals surface area contributed by atoms with E-state index in [0.29, 0.717) is 6.54 Å². The molecule has 2 aromatic heterocycles. The van der Waals surface area contributed by atoms with Crippen LogP contribution in [0.3, 0.4) is 0 Å². The lowest BCUT2D eigenvalue weighted by Gasteiger charge is -2.07. The second kappa shape index (κ2) is 5.88. The standard InChI is InChI=1S/C15H13BrN4/c16-15-4-1-3-13(19-15)11-17-12-5-7-14(8-6-12)20-10-2-9-18-20/h1-10,17H,11H2. The highest BCUT2D eigenvalue weighted by Crippen LogP contribution is 2.14. The molecule has 0 spiro atoms. The van der Waals surface area contributed by atoms with Crippen LogP contribution < -0.4 is 5.32 Å². The van der Waals surface area contributed by atoms with Crippen molar-refractivity contribution < 1.29 is 0 Å². The molecule has 0 aliphatic heterocycles. The summed E-state index contributed by atoms with van der Waals surface area (Å²) in [5.41, 5.74) is 3.10. The lowest BCUT2D eigenvalue weighted by Crippen LogP contribution is -2.02. The largest absolute Gasteiger partial charge is 0.379 e. The first-order valence-corrected chi connectivity index (χ1v) is 7.06. The minimum Gasteiger partial charge on any atom is -0.379 e. The van der Waals surface area contributed by atoms with Crippen molar-refractivity contribution >= 4 is 21.6 Å². The van der Waals surface area contributed by atoms with Crippen molar-refractivity contribution in [2.24, 2.45) is 0 Å². The fourth-order valence-electron chi connectivity index (χ4n) is 1.89. The van der Waals surface area contributed by atoms with E-state index in [0.717, 1.165) is 21.7 Å². The average molecular weight is 329 g/mol. The van der Waals surface area contributed by atoms with Gasteiger partial charge in [0.25, 0.3) is 0 Å². The monoisotopic (exact) mass is 328 g/mol. The van der Waals surface area contributed by atoms with Crippen LogP contribution in [0.2, 0.25) is 0 Å². The molecule has 3 rings (SSSR count). The maximum atomic E-state index is 4.39. The van der Waals surface area contributed by atoms with Gasteiger partial charge in [-0.1, -0.05) is 6.07 Å². The number of nitrogens with one attached hydrogen (secondary N) is 1. The molecule has 3 aromatic rings. The van der Waals surface area contributed by atoms with Gasteiger partial charge in [0, 0.05) is 18.1 Å². The molecule has 0 saturated carbocycles. The van der Waals surface area contributed by atoms with Gasteiger partial charge >= 0.3 is 0 Å². The summed E-state index contributed by atoms with van der Waals surface area (Å²) in [5, 5.41) is 7.55. The second-order valence-electron chi connectivity index (χ2n) is 4.30. The molecule has 0 aliphatic rings. The van der Waals surface area contributed by atoms with Crippen molar-refractivity contribution in [2.75, 3.05) is 5.32 Å². The number of benzene rings is 1. The third-order valence-corrected chi connectivity index (χ3v) is 3.32. The minimum absolute atomic E-state index is 0.695. The molecule has 0 fully saturated rings. The SMILES string of the molecule is Brc1cccc(CNc2ccc(-n3cccn3)cc2)n1. The van der Waals surface area contributed by atoms with Crippen LogP contribution in [0.25, 0.3) is 5.69 Å². The van der Waals surface area contributed by atoms with Crippen LogP contribution in [0.4, 0.5) is 5.69 Å². The van der Waals surface area contributed by atoms with Gasteiger partial charge < -0.3 is 5.32 Å². The van der Waals surface area contributed by atoms with Crippen molar-refractivity contribution in [3.8, 4) is 5.69 Å². The zero-order chi connectivity index (χ0) is 13.8. The van der Waals surface area contributed by atoms with Gasteiger partial charge in [0.15, 0.2) is 0 Å². The van der Waals surface area contributed by atoms with Crippen molar-refractivity contribution in [1.82, 2.24) is 14.8 Å². The third kappa shape index (κ3) is 3.05. The lowest BCUT2D eigenvalue weighted by atomic mass is 10.2. The molecule has 5 heteroatoms. The van der Waals surface area contributed by atoms with E-state index in [1.54, 1.807) is 6.20 Å². The summed E-state index contributed by atoms with van der Waals surface area (Å²) in [4.78, 5) is 4.39. The van der Waals surface area contributed by atoms with Crippen LogP contribution in [0, 0.1) is 0 Å². The zero-order valence-electron chi connectivity index (χ0n) is 10.7. The first kappa shape index (κ1) is 12.9. The van der Waals surface area contributed by atoms with E-state index >= 15 is 0 Å². The average Bonchev–Trinajstić information content (AvgIpc) is 3.00. The highest BCUT2D eigenvalue weighted by atomic mass is 79.9. The Labute approximate surface area is 125 Å². The van der Waals surface area contributed by atoms with Crippen LogP contribution in [0.1, 0.15) is 5.69 Å². The van der Waals surface area contributed by atoms with E-state index < -0.39 is 0 Å². The summed E-state index contributed by atoms with van der Waals surface area (Å²) in [5.74, 6) is 0. The first-order chi connectivity index (χ1) is 9.81. The second-order valence-corrected chi connectivity index (χ2v) is 5.12. The zero-order valence-corrected chi connectivity index (χ0v) is 12.3. The Bertz CT molecular complexity index is 677. The Kier molecular flexibility index (Phi) is 3.78. The van der Waals surface area contributed by atoms with Crippen LogP contribution in [0.5, 0.6) is 0 Å². The highest BCUT2D eigenvalue weighted by molar-refractivity contribution is 9.10. The number of hydrogen-bond acceptors (Lipinski definition) is 3. The fourth-order valence-corrected chi connectivity index (χ4v) is 2.28. The molecule has 0 amide bonds. The van der Waals surface area contributed by atoms with E-state index in [1.165, 1.54) is 0 Å². The lowest BCUT2D eigenvalue weighted by molar-refractivity contribution is 0.880. The molecule has 0 saturated heterocycles. The number of halogens is 1. The smallest absolute Gasteiger partial charge is 0.106 e. The van der Waals surface area contributed by atoms with Gasteiger partial charge in [-0.2, -0.15) is 5.10 Å². The number of hydrogen-bond donors (Lipinski definition) is 1. The molecular formula is C15H13BrN4. The van der Waals surface area contributed by atoms with E-state index in [1.807, 2.05) is 59.4 Å². The summed E-state index contributed by atoms with van der Waals surface area (Å²) in [6.07, 6.45) is 3.69. The number of anilines is 1. The predicted octanol–water partition coefficient (Wildman–Crippen LogP) is 3.64. The van der Waals surface area contributed by atoms with Gasteiger partial charge in [0.05, 0.1) is 17.9 Å². The van der Waals surface area contributed by atoms with Gasteiger partial charge in [0.1, 0.15) is 4.60 Å². The maximum absolute atomic E-state index is 4.39. The molecule has 1 aromatic carbocycles. The molecule has 0 unspecified atom stereocenters. The van der Waals surface area contributed by atoms with Crippen molar-refractivity contribution in [1.29, 1.82) is 0 Å². The molecule has 0 atom stereocenters. The Balaban J connectivity index is 1.67. The molecule has 0 radical (unpaired) electrons. The quantitative estimate of drug-likeness (QED) is 0.743. The van der Waals surface area contributed by atoms with Gasteiger partial charge in [-0.3, -0.25) is 0 Å². The Hall–Kier alpha value is -2.14. The highest BCUT2D eigenvalue weighted by Gasteiger charge is 1.98. The van der Waals surface area contributed by atoms with E-state index in [-0.39, 0.29) is 0 Å². The van der Waals surface area contributed by atoms with Gasteiger partial charge in [-0.15, -0.1) is 0 Å². The van der Waals surface area contributed by atoms with Gasteiger partial charge in [-0.05, 0) is 58.4 Å². The number of pyridine rings is 1. The predicted molar refractivity (Wildman–Crippen MR) is 82.8 cm³/mol.